The van der Waals surface area contributed by atoms with Gasteiger partial charge in [0.15, 0.2) is 0 Å². The quantitative estimate of drug-likeness (QED) is 0.0490. The molecule has 52 heavy (non-hydrogen) atoms. The van der Waals surface area contributed by atoms with Crippen molar-refractivity contribution in [2.75, 3.05) is 44.3 Å². The number of carbonyl (C=O) groups is 3. The molecular weight excluding hydrogens is 667 g/mol. The first-order valence-corrected chi connectivity index (χ1v) is 23.6. The third-order valence-electron chi connectivity index (χ3n) is 10.7. The van der Waals surface area contributed by atoms with Crippen LogP contribution in [0.15, 0.2) is 0 Å². The summed E-state index contributed by atoms with van der Waals surface area (Å²) in [7, 11) is 0. The molecule has 0 aliphatic carbocycles. The van der Waals surface area contributed by atoms with Gasteiger partial charge in [-0.05, 0) is 63.3 Å². The summed E-state index contributed by atoms with van der Waals surface area (Å²) >= 11 is 1.67. The van der Waals surface area contributed by atoms with Gasteiger partial charge < -0.3 is 20.3 Å². The number of ether oxygens (including phenoxy) is 1. The smallest absolute Gasteiger partial charge is 0.306 e. The minimum atomic E-state index is -0.542. The maximum Gasteiger partial charge on any atom is 0.306 e. The zero-order chi connectivity index (χ0) is 37.9. The zero-order valence-electron chi connectivity index (χ0n) is 34.8. The normalized spacial score (nSPS) is 14.7. The summed E-state index contributed by atoms with van der Waals surface area (Å²) in [6, 6.07) is -0.542. The van der Waals surface area contributed by atoms with Gasteiger partial charge in [-0.15, -0.1) is 0 Å². The summed E-state index contributed by atoms with van der Waals surface area (Å²) < 4.78 is 5.48. The van der Waals surface area contributed by atoms with Crippen LogP contribution in [-0.4, -0.2) is 73.0 Å². The van der Waals surface area contributed by atoms with Crippen LogP contribution in [0.4, 0.5) is 0 Å². The molecule has 1 saturated heterocycles. The van der Waals surface area contributed by atoms with Gasteiger partial charge in [-0.25, -0.2) is 0 Å². The van der Waals surface area contributed by atoms with E-state index in [1.807, 2.05) is 0 Å². The zero-order valence-corrected chi connectivity index (χ0v) is 35.6. The monoisotopic (exact) mass is 752 g/mol. The molecule has 0 bridgehead atoms. The Kier molecular flexibility index (Phi) is 33.2. The number of unbranched alkanes of at least 4 members (excludes halogenated alkanes) is 16. The van der Waals surface area contributed by atoms with Crippen LogP contribution in [-0.2, 0) is 19.1 Å². The largest absolute Gasteiger partial charge is 0.466 e. The molecule has 2 amide bonds. The van der Waals surface area contributed by atoms with E-state index in [-0.39, 0.29) is 23.7 Å². The first-order chi connectivity index (χ1) is 25.4. The molecule has 0 aromatic heterocycles. The first-order valence-electron chi connectivity index (χ1n) is 22.4. The Morgan fingerprint density at radius 2 is 1.17 bits per heavy atom. The van der Waals surface area contributed by atoms with E-state index in [2.05, 4.69) is 43.2 Å². The maximum absolute atomic E-state index is 13.8. The van der Waals surface area contributed by atoms with Gasteiger partial charge in [0.05, 0.1) is 13.0 Å². The van der Waals surface area contributed by atoms with Gasteiger partial charge >= 0.3 is 5.97 Å². The molecule has 0 saturated carbocycles. The van der Waals surface area contributed by atoms with E-state index in [4.69, 9.17) is 4.74 Å². The minimum Gasteiger partial charge on any atom is -0.466 e. The lowest BCUT2D eigenvalue weighted by atomic mass is 9.93. The molecule has 0 aromatic rings. The number of nitrogens with zero attached hydrogens (tertiary/aromatic N) is 1. The summed E-state index contributed by atoms with van der Waals surface area (Å²) in [5.74, 6) is 1.99. The van der Waals surface area contributed by atoms with Crippen LogP contribution >= 0.6 is 11.8 Å². The molecule has 0 radical (unpaired) electrons. The van der Waals surface area contributed by atoms with Gasteiger partial charge in [-0.1, -0.05) is 156 Å². The van der Waals surface area contributed by atoms with Crippen molar-refractivity contribution in [1.82, 2.24) is 15.5 Å². The van der Waals surface area contributed by atoms with E-state index in [0.29, 0.717) is 37.5 Å². The highest BCUT2D eigenvalue weighted by Crippen LogP contribution is 2.21. The van der Waals surface area contributed by atoms with Crippen molar-refractivity contribution in [3.63, 3.8) is 0 Å². The number of thioether (sulfide) groups is 1. The van der Waals surface area contributed by atoms with Crippen molar-refractivity contribution in [1.29, 1.82) is 0 Å². The van der Waals surface area contributed by atoms with Gasteiger partial charge in [0, 0.05) is 24.8 Å². The standard InChI is InChI=1S/C44H85N3O4S/c1-5-7-9-11-13-14-18-23-29-40(28-22-17-12-10-8-6-2)43(49)46-41(44(50)45-32-35-47-33-24-20-25-34-47)30-37-52-38-31-42(48)51-36-26-19-15-16-21-27-39(3)4/h39-41H,5-38H2,1-4H3,(H,45,50)(H,46,49). The summed E-state index contributed by atoms with van der Waals surface area (Å²) in [5, 5.41) is 6.39. The molecule has 1 aliphatic heterocycles. The number of hydrogen-bond donors (Lipinski definition) is 2. The van der Waals surface area contributed by atoms with Crippen LogP contribution in [0.5, 0.6) is 0 Å². The number of rotatable bonds is 36. The molecule has 8 heteroatoms. The Morgan fingerprint density at radius 1 is 0.635 bits per heavy atom. The summed E-state index contributed by atoms with van der Waals surface area (Å²) in [6.07, 6.45) is 31.0. The van der Waals surface area contributed by atoms with Crippen molar-refractivity contribution >= 4 is 29.5 Å². The lowest BCUT2D eigenvalue weighted by Crippen LogP contribution is -2.50. The first kappa shape index (κ1) is 48.7. The Balaban J connectivity index is 2.60. The second-order valence-electron chi connectivity index (χ2n) is 16.1. The molecule has 1 rings (SSSR count). The van der Waals surface area contributed by atoms with E-state index < -0.39 is 6.04 Å². The third-order valence-corrected chi connectivity index (χ3v) is 11.7. The molecule has 2 atom stereocenters. The van der Waals surface area contributed by atoms with E-state index in [1.54, 1.807) is 11.8 Å². The third kappa shape index (κ3) is 29.1. The second-order valence-corrected chi connectivity index (χ2v) is 17.3. The van der Waals surface area contributed by atoms with E-state index in [1.165, 1.54) is 122 Å². The van der Waals surface area contributed by atoms with Gasteiger partial charge in [-0.2, -0.15) is 11.8 Å². The molecular formula is C44H85N3O4S. The highest BCUT2D eigenvalue weighted by molar-refractivity contribution is 7.99. The van der Waals surface area contributed by atoms with Crippen LogP contribution in [0.1, 0.15) is 201 Å². The topological polar surface area (TPSA) is 87.7 Å². The predicted molar refractivity (Wildman–Crippen MR) is 224 cm³/mol. The van der Waals surface area contributed by atoms with Crippen molar-refractivity contribution in [3.05, 3.63) is 0 Å². The fourth-order valence-corrected chi connectivity index (χ4v) is 8.12. The van der Waals surface area contributed by atoms with Gasteiger partial charge in [0.2, 0.25) is 11.8 Å². The molecule has 7 nitrogen and oxygen atoms in total. The van der Waals surface area contributed by atoms with Crippen LogP contribution < -0.4 is 10.6 Å². The number of hydrogen-bond acceptors (Lipinski definition) is 6. The minimum absolute atomic E-state index is 0.0302. The van der Waals surface area contributed by atoms with Crippen molar-refractivity contribution < 1.29 is 19.1 Å². The summed E-state index contributed by atoms with van der Waals surface area (Å²) in [4.78, 5) is 42.1. The number of esters is 1. The Labute approximate surface area is 326 Å². The number of amides is 2. The summed E-state index contributed by atoms with van der Waals surface area (Å²) in [6.45, 7) is 13.2. The maximum atomic E-state index is 13.8. The SMILES string of the molecule is CCCCCCCCCCC(CCCCCCCC)C(=O)NC(CCSCCC(=O)OCCCCCCCC(C)C)C(=O)NCCN1CCCCC1. The van der Waals surface area contributed by atoms with Crippen molar-refractivity contribution in [3.8, 4) is 0 Å². The average Bonchev–Trinajstić information content (AvgIpc) is 3.13. The number of carbonyl (C=O) groups excluding carboxylic acids is 3. The summed E-state index contributed by atoms with van der Waals surface area (Å²) in [5.41, 5.74) is 0. The highest BCUT2D eigenvalue weighted by atomic mass is 32.2. The molecule has 2 unspecified atom stereocenters. The number of likely N-dealkylation sites (tertiary alicyclic amines) is 1. The van der Waals surface area contributed by atoms with Crippen LogP contribution in [0, 0.1) is 11.8 Å². The second kappa shape index (κ2) is 35.4. The average molecular weight is 752 g/mol. The van der Waals surface area contributed by atoms with Crippen LogP contribution in [0.2, 0.25) is 0 Å². The predicted octanol–water partition coefficient (Wildman–Crippen LogP) is 11.0. The van der Waals surface area contributed by atoms with Gasteiger partial charge in [0.1, 0.15) is 6.04 Å². The molecule has 306 valence electrons. The Bertz CT molecular complexity index is 851. The fourth-order valence-electron chi connectivity index (χ4n) is 7.21. The number of nitrogens with one attached hydrogen (secondary N) is 2. The lowest BCUT2D eigenvalue weighted by Gasteiger charge is -2.27. The molecule has 2 N–H and O–H groups in total. The van der Waals surface area contributed by atoms with Crippen LogP contribution in [0.3, 0.4) is 0 Å². The molecule has 0 aromatic carbocycles. The molecule has 0 spiro atoms. The van der Waals surface area contributed by atoms with Crippen molar-refractivity contribution in [2.24, 2.45) is 11.8 Å². The van der Waals surface area contributed by atoms with Gasteiger partial charge in [-0.3, -0.25) is 14.4 Å². The fraction of sp³-hybridized carbons (Fsp3) is 0.932. The van der Waals surface area contributed by atoms with Crippen molar-refractivity contribution in [2.45, 2.75) is 207 Å². The van der Waals surface area contributed by atoms with E-state index >= 15 is 0 Å². The van der Waals surface area contributed by atoms with Gasteiger partial charge in [0.25, 0.3) is 0 Å². The Morgan fingerprint density at radius 3 is 1.75 bits per heavy atom. The van der Waals surface area contributed by atoms with E-state index in [0.717, 1.165) is 64.1 Å². The molecule has 1 heterocycles. The highest BCUT2D eigenvalue weighted by Gasteiger charge is 2.25. The van der Waals surface area contributed by atoms with E-state index in [9.17, 15) is 14.4 Å². The lowest BCUT2D eigenvalue weighted by molar-refractivity contribution is -0.143. The molecule has 1 aliphatic rings. The number of piperidine rings is 1. The van der Waals surface area contributed by atoms with Crippen LogP contribution in [0.25, 0.3) is 0 Å². The Hall–Kier alpha value is -1.28. The molecule has 1 fully saturated rings.